The van der Waals surface area contributed by atoms with Crippen LogP contribution < -0.4 is 10.1 Å². The van der Waals surface area contributed by atoms with Gasteiger partial charge in [0.2, 0.25) is 0 Å². The Morgan fingerprint density at radius 3 is 2.68 bits per heavy atom. The van der Waals surface area contributed by atoms with Gasteiger partial charge in [-0.3, -0.25) is 4.79 Å². The molecular weight excluding hydrogens is 361 g/mol. The minimum Gasteiger partial charge on any atom is -0.483 e. The van der Waals surface area contributed by atoms with Crippen molar-refractivity contribution in [2.24, 2.45) is 0 Å². The van der Waals surface area contributed by atoms with Crippen LogP contribution >= 0.6 is 15.9 Å². The third-order valence-electron chi connectivity index (χ3n) is 3.39. The Morgan fingerprint density at radius 2 is 2.09 bits per heavy atom. The van der Waals surface area contributed by atoms with Crippen LogP contribution in [0.15, 0.2) is 22.7 Å². The van der Waals surface area contributed by atoms with Gasteiger partial charge in [-0.15, -0.1) is 0 Å². The van der Waals surface area contributed by atoms with Crippen molar-refractivity contribution in [1.82, 2.24) is 5.32 Å². The van der Waals surface area contributed by atoms with Crippen molar-refractivity contribution in [3.8, 4) is 5.75 Å². The Labute approximate surface area is 134 Å². The van der Waals surface area contributed by atoms with Crippen LogP contribution in [-0.4, -0.2) is 42.3 Å². The van der Waals surface area contributed by atoms with E-state index in [0.29, 0.717) is 10.2 Å². The van der Waals surface area contributed by atoms with Crippen molar-refractivity contribution in [2.75, 3.05) is 19.8 Å². The van der Waals surface area contributed by atoms with Crippen molar-refractivity contribution in [3.63, 3.8) is 0 Å². The van der Waals surface area contributed by atoms with Crippen LogP contribution in [0.1, 0.15) is 12.8 Å². The Bertz CT molecular complexity index is 574. The zero-order valence-electron chi connectivity index (χ0n) is 11.6. The highest BCUT2D eigenvalue weighted by Crippen LogP contribution is 2.25. The van der Waals surface area contributed by atoms with E-state index >= 15 is 0 Å². The van der Waals surface area contributed by atoms with Crippen LogP contribution in [-0.2, 0) is 14.3 Å². The molecule has 1 aliphatic heterocycles. The maximum Gasteiger partial charge on any atom is 0.329 e. The molecule has 0 saturated carbocycles. The molecule has 0 spiro atoms. The van der Waals surface area contributed by atoms with Gasteiger partial charge in [-0.2, -0.15) is 0 Å². The second-order valence-corrected chi connectivity index (χ2v) is 5.77. The van der Waals surface area contributed by atoms with Gasteiger partial charge in [0.05, 0.1) is 4.47 Å². The molecule has 1 aromatic rings. The predicted octanol–water partition coefficient (Wildman–Crippen LogP) is 1.72. The summed E-state index contributed by atoms with van der Waals surface area (Å²) in [5.74, 6) is -1.78. The highest BCUT2D eigenvalue weighted by atomic mass is 79.9. The number of hydrogen-bond donors (Lipinski definition) is 2. The van der Waals surface area contributed by atoms with E-state index in [1.807, 2.05) is 0 Å². The van der Waals surface area contributed by atoms with Crippen molar-refractivity contribution in [1.29, 1.82) is 0 Å². The van der Waals surface area contributed by atoms with E-state index < -0.39 is 23.2 Å². The van der Waals surface area contributed by atoms with Gasteiger partial charge in [0.15, 0.2) is 6.61 Å². The number of ether oxygens (including phenoxy) is 2. The molecule has 2 N–H and O–H groups in total. The summed E-state index contributed by atoms with van der Waals surface area (Å²) in [4.78, 5) is 23.4. The van der Waals surface area contributed by atoms with Gasteiger partial charge in [0.25, 0.3) is 5.91 Å². The van der Waals surface area contributed by atoms with Crippen LogP contribution in [0, 0.1) is 5.82 Å². The van der Waals surface area contributed by atoms with Gasteiger partial charge in [-0.25, -0.2) is 9.18 Å². The standard InChI is InChI=1S/C14H15BrFNO5/c15-10-7-9(16)1-2-11(10)22-8-12(18)17-14(13(19)20)3-5-21-6-4-14/h1-2,7H,3-6,8H2,(H,17,18)(H,19,20). The quantitative estimate of drug-likeness (QED) is 0.818. The molecule has 0 atom stereocenters. The summed E-state index contributed by atoms with van der Waals surface area (Å²) in [5, 5.41) is 11.8. The SMILES string of the molecule is O=C(COc1ccc(F)cc1Br)NC1(C(=O)O)CCOCC1. The van der Waals surface area contributed by atoms with Gasteiger partial charge in [0.1, 0.15) is 17.1 Å². The van der Waals surface area contributed by atoms with Crippen molar-refractivity contribution < 1.29 is 28.6 Å². The molecule has 0 unspecified atom stereocenters. The number of benzene rings is 1. The summed E-state index contributed by atoms with van der Waals surface area (Å²) in [6, 6.07) is 3.80. The van der Waals surface area contributed by atoms with Crippen LogP contribution in [0.4, 0.5) is 4.39 Å². The Morgan fingerprint density at radius 1 is 1.41 bits per heavy atom. The number of rotatable bonds is 5. The van der Waals surface area contributed by atoms with Gasteiger partial charge >= 0.3 is 5.97 Å². The Hall–Kier alpha value is -1.67. The average molecular weight is 376 g/mol. The molecule has 1 heterocycles. The first-order valence-electron chi connectivity index (χ1n) is 6.63. The molecule has 120 valence electrons. The highest BCUT2D eigenvalue weighted by Gasteiger charge is 2.41. The molecule has 0 bridgehead atoms. The molecule has 0 aliphatic carbocycles. The first-order valence-corrected chi connectivity index (χ1v) is 7.42. The molecule has 2 rings (SSSR count). The maximum atomic E-state index is 13.0. The summed E-state index contributed by atoms with van der Waals surface area (Å²) >= 11 is 3.12. The smallest absolute Gasteiger partial charge is 0.329 e. The number of hydrogen-bond acceptors (Lipinski definition) is 4. The number of nitrogens with one attached hydrogen (secondary N) is 1. The number of aliphatic carboxylic acids is 1. The number of carbonyl (C=O) groups is 2. The van der Waals surface area contributed by atoms with Crippen molar-refractivity contribution in [2.45, 2.75) is 18.4 Å². The van der Waals surface area contributed by atoms with Crippen molar-refractivity contribution in [3.05, 3.63) is 28.5 Å². The second kappa shape index (κ2) is 7.06. The van der Waals surface area contributed by atoms with E-state index in [1.54, 1.807) is 0 Å². The predicted molar refractivity (Wildman–Crippen MR) is 78.2 cm³/mol. The normalized spacial score (nSPS) is 16.8. The monoisotopic (exact) mass is 375 g/mol. The lowest BCUT2D eigenvalue weighted by molar-refractivity contribution is -0.152. The van der Waals surface area contributed by atoms with E-state index in [-0.39, 0.29) is 32.7 Å². The molecule has 1 aliphatic rings. The summed E-state index contributed by atoms with van der Waals surface area (Å²) in [7, 11) is 0. The van der Waals surface area contributed by atoms with E-state index in [4.69, 9.17) is 9.47 Å². The highest BCUT2D eigenvalue weighted by molar-refractivity contribution is 9.10. The third kappa shape index (κ3) is 3.95. The minimum atomic E-state index is -1.32. The summed E-state index contributed by atoms with van der Waals surface area (Å²) < 4.78 is 23.7. The molecule has 0 aromatic heterocycles. The van der Waals surface area contributed by atoms with E-state index in [9.17, 15) is 19.1 Å². The van der Waals surface area contributed by atoms with E-state index in [1.165, 1.54) is 18.2 Å². The number of carbonyl (C=O) groups excluding carboxylic acids is 1. The lowest BCUT2D eigenvalue weighted by Crippen LogP contribution is -2.58. The molecule has 1 saturated heterocycles. The minimum absolute atomic E-state index is 0.203. The van der Waals surface area contributed by atoms with Crippen LogP contribution in [0.3, 0.4) is 0 Å². The molecule has 0 radical (unpaired) electrons. The van der Waals surface area contributed by atoms with E-state index in [2.05, 4.69) is 21.2 Å². The molecule has 1 fully saturated rings. The van der Waals surface area contributed by atoms with Gasteiger partial charge in [0, 0.05) is 26.1 Å². The number of amides is 1. The first-order chi connectivity index (χ1) is 10.4. The average Bonchev–Trinajstić information content (AvgIpc) is 2.47. The van der Waals surface area contributed by atoms with Crippen LogP contribution in [0.25, 0.3) is 0 Å². The molecule has 8 heteroatoms. The van der Waals surface area contributed by atoms with Crippen LogP contribution in [0.2, 0.25) is 0 Å². The molecule has 1 aromatic carbocycles. The Kier molecular flexibility index (Phi) is 5.36. The molecule has 22 heavy (non-hydrogen) atoms. The maximum absolute atomic E-state index is 13.0. The fourth-order valence-electron chi connectivity index (χ4n) is 2.15. The zero-order valence-corrected chi connectivity index (χ0v) is 13.2. The van der Waals surface area contributed by atoms with Crippen LogP contribution in [0.5, 0.6) is 5.75 Å². The first kappa shape index (κ1) is 16.7. The molecule has 1 amide bonds. The number of carboxylic acid groups (broad SMARTS) is 1. The lowest BCUT2D eigenvalue weighted by Gasteiger charge is -2.33. The third-order valence-corrected chi connectivity index (χ3v) is 4.01. The van der Waals surface area contributed by atoms with E-state index in [0.717, 1.165) is 0 Å². The second-order valence-electron chi connectivity index (χ2n) is 4.91. The largest absolute Gasteiger partial charge is 0.483 e. The molecule has 6 nitrogen and oxygen atoms in total. The van der Waals surface area contributed by atoms with Crippen molar-refractivity contribution >= 4 is 27.8 Å². The Balaban J connectivity index is 1.95. The summed E-state index contributed by atoms with van der Waals surface area (Å²) in [5.41, 5.74) is -1.32. The number of halogens is 2. The summed E-state index contributed by atoms with van der Waals surface area (Å²) in [6.07, 6.45) is 0.405. The van der Waals surface area contributed by atoms with Gasteiger partial charge in [-0.1, -0.05) is 0 Å². The lowest BCUT2D eigenvalue weighted by atomic mass is 9.90. The topological polar surface area (TPSA) is 84.9 Å². The zero-order chi connectivity index (χ0) is 16.2. The fourth-order valence-corrected chi connectivity index (χ4v) is 2.62. The van der Waals surface area contributed by atoms with Gasteiger partial charge in [-0.05, 0) is 34.1 Å². The summed E-state index contributed by atoms with van der Waals surface area (Å²) in [6.45, 7) is 0.189. The fraction of sp³-hybridized carbons (Fsp3) is 0.429. The number of carboxylic acids is 1. The molecular formula is C14H15BrFNO5. The van der Waals surface area contributed by atoms with Gasteiger partial charge < -0.3 is 19.9 Å².